The van der Waals surface area contributed by atoms with Gasteiger partial charge in [-0.3, -0.25) is 0 Å². The topological polar surface area (TPSA) is 0 Å². The SMILES string of the molecule is ClCC(CCl)(Cc1ccc(Br)cc1)c1ccc(Cl)cc1. The summed E-state index contributed by atoms with van der Waals surface area (Å²) in [6.45, 7) is 0. The highest BCUT2D eigenvalue weighted by atomic mass is 79.9. The fourth-order valence-electron chi connectivity index (χ4n) is 2.18. The standard InChI is InChI=1S/C16H14BrCl3/c17-14-5-1-12(2-6-14)9-16(10-18,11-19)13-3-7-15(20)8-4-13/h1-8H,9-11H2. The summed E-state index contributed by atoms with van der Waals surface area (Å²) in [4.78, 5) is 0. The molecule has 0 atom stereocenters. The average Bonchev–Trinajstić information content (AvgIpc) is 2.48. The van der Waals surface area contributed by atoms with Gasteiger partial charge < -0.3 is 0 Å². The van der Waals surface area contributed by atoms with Crippen LogP contribution in [0.5, 0.6) is 0 Å². The van der Waals surface area contributed by atoms with Gasteiger partial charge in [0.1, 0.15) is 0 Å². The van der Waals surface area contributed by atoms with Crippen molar-refractivity contribution >= 4 is 50.7 Å². The number of alkyl halides is 2. The third kappa shape index (κ3) is 3.71. The van der Waals surface area contributed by atoms with Crippen molar-refractivity contribution in [1.29, 1.82) is 0 Å². The minimum absolute atomic E-state index is 0.276. The quantitative estimate of drug-likeness (QED) is 0.543. The smallest absolute Gasteiger partial charge is 0.0406 e. The minimum atomic E-state index is -0.276. The molecule has 106 valence electrons. The lowest BCUT2D eigenvalue weighted by Gasteiger charge is -2.30. The highest BCUT2D eigenvalue weighted by molar-refractivity contribution is 9.10. The first-order valence-electron chi connectivity index (χ1n) is 6.22. The van der Waals surface area contributed by atoms with Crippen LogP contribution in [0.3, 0.4) is 0 Å². The van der Waals surface area contributed by atoms with Crippen molar-refractivity contribution < 1.29 is 0 Å². The van der Waals surface area contributed by atoms with E-state index in [4.69, 9.17) is 34.8 Å². The van der Waals surface area contributed by atoms with Crippen molar-refractivity contribution in [3.05, 3.63) is 69.2 Å². The first kappa shape index (κ1) is 16.2. The third-order valence-corrected chi connectivity index (χ3v) is 5.23. The van der Waals surface area contributed by atoms with Crippen LogP contribution in [-0.4, -0.2) is 11.8 Å². The molecule has 2 rings (SSSR count). The summed E-state index contributed by atoms with van der Waals surface area (Å²) in [5.41, 5.74) is 2.06. The van der Waals surface area contributed by atoms with Gasteiger partial charge in [0, 0.05) is 26.7 Å². The maximum atomic E-state index is 6.25. The van der Waals surface area contributed by atoms with Gasteiger partial charge in [-0.05, 0) is 41.8 Å². The van der Waals surface area contributed by atoms with Crippen LogP contribution in [0.25, 0.3) is 0 Å². The van der Waals surface area contributed by atoms with Crippen LogP contribution in [0.1, 0.15) is 11.1 Å². The van der Waals surface area contributed by atoms with Crippen LogP contribution < -0.4 is 0 Å². The molecule has 0 nitrogen and oxygen atoms in total. The predicted molar refractivity (Wildman–Crippen MR) is 92.4 cm³/mol. The van der Waals surface area contributed by atoms with Crippen molar-refractivity contribution in [2.45, 2.75) is 11.8 Å². The molecule has 0 radical (unpaired) electrons. The number of hydrogen-bond acceptors (Lipinski definition) is 0. The van der Waals surface area contributed by atoms with Gasteiger partial charge in [-0.2, -0.15) is 0 Å². The van der Waals surface area contributed by atoms with Crippen LogP contribution in [0.2, 0.25) is 5.02 Å². The Morgan fingerprint density at radius 3 is 1.90 bits per heavy atom. The fourth-order valence-corrected chi connectivity index (χ4v) is 3.36. The Balaban J connectivity index is 2.33. The molecule has 0 aromatic heterocycles. The number of hydrogen-bond donors (Lipinski definition) is 0. The van der Waals surface area contributed by atoms with Crippen molar-refractivity contribution in [1.82, 2.24) is 0 Å². The third-order valence-electron chi connectivity index (χ3n) is 3.42. The summed E-state index contributed by atoms with van der Waals surface area (Å²) < 4.78 is 1.06. The van der Waals surface area contributed by atoms with Gasteiger partial charge in [0.2, 0.25) is 0 Å². The molecule has 0 fully saturated rings. The minimum Gasteiger partial charge on any atom is -0.126 e. The van der Waals surface area contributed by atoms with Gasteiger partial charge in [0.25, 0.3) is 0 Å². The molecule has 2 aromatic carbocycles. The molecule has 4 heteroatoms. The number of benzene rings is 2. The van der Waals surface area contributed by atoms with E-state index < -0.39 is 0 Å². The Morgan fingerprint density at radius 2 is 1.40 bits per heavy atom. The lowest BCUT2D eigenvalue weighted by atomic mass is 9.79. The predicted octanol–water partition coefficient (Wildman–Crippen LogP) is 6.06. The number of rotatable bonds is 5. The van der Waals surface area contributed by atoms with Gasteiger partial charge in [-0.25, -0.2) is 0 Å². The fraction of sp³-hybridized carbons (Fsp3) is 0.250. The molecule has 0 heterocycles. The zero-order valence-corrected chi connectivity index (χ0v) is 14.6. The van der Waals surface area contributed by atoms with E-state index in [2.05, 4.69) is 28.1 Å². The van der Waals surface area contributed by atoms with Crippen molar-refractivity contribution in [3.63, 3.8) is 0 Å². The zero-order valence-electron chi connectivity index (χ0n) is 10.8. The molecule has 0 N–H and O–H groups in total. The molecule has 2 aromatic rings. The van der Waals surface area contributed by atoms with E-state index in [0.717, 1.165) is 21.5 Å². The van der Waals surface area contributed by atoms with E-state index >= 15 is 0 Å². The van der Waals surface area contributed by atoms with E-state index in [1.165, 1.54) is 5.56 Å². The van der Waals surface area contributed by atoms with E-state index in [1.807, 2.05) is 36.4 Å². The normalized spacial score (nSPS) is 11.6. The Labute approximate surface area is 143 Å². The van der Waals surface area contributed by atoms with Crippen LogP contribution in [0.4, 0.5) is 0 Å². The molecule has 0 amide bonds. The lowest BCUT2D eigenvalue weighted by Crippen LogP contribution is -2.33. The summed E-state index contributed by atoms with van der Waals surface area (Å²) in [5, 5.41) is 0.718. The second-order valence-corrected chi connectivity index (χ2v) is 6.74. The van der Waals surface area contributed by atoms with E-state index in [-0.39, 0.29) is 5.41 Å². The molecule has 0 saturated heterocycles. The molecule has 0 spiro atoms. The Morgan fingerprint density at radius 1 is 0.850 bits per heavy atom. The molecule has 0 saturated carbocycles. The average molecular weight is 393 g/mol. The monoisotopic (exact) mass is 390 g/mol. The van der Waals surface area contributed by atoms with Crippen LogP contribution in [0, 0.1) is 0 Å². The molecule has 0 aliphatic carbocycles. The Hall–Kier alpha value is -0.210. The summed E-state index contributed by atoms with van der Waals surface area (Å²) in [7, 11) is 0. The second-order valence-electron chi connectivity index (χ2n) is 4.86. The van der Waals surface area contributed by atoms with Gasteiger partial charge in [-0.1, -0.05) is 51.8 Å². The number of halogens is 4. The Bertz CT molecular complexity index is 545. The molecular formula is C16H14BrCl3. The van der Waals surface area contributed by atoms with Gasteiger partial charge >= 0.3 is 0 Å². The summed E-state index contributed by atoms with van der Waals surface area (Å²) in [6, 6.07) is 16.0. The van der Waals surface area contributed by atoms with Crippen LogP contribution >= 0.6 is 50.7 Å². The van der Waals surface area contributed by atoms with Crippen molar-refractivity contribution in [2.75, 3.05) is 11.8 Å². The second kappa shape index (κ2) is 7.17. The highest BCUT2D eigenvalue weighted by Crippen LogP contribution is 2.32. The van der Waals surface area contributed by atoms with Gasteiger partial charge in [0.15, 0.2) is 0 Å². The first-order valence-corrected chi connectivity index (χ1v) is 8.46. The van der Waals surface area contributed by atoms with Crippen molar-refractivity contribution in [3.8, 4) is 0 Å². The van der Waals surface area contributed by atoms with Crippen LogP contribution in [0.15, 0.2) is 53.0 Å². The molecule has 0 aliphatic heterocycles. The summed E-state index contributed by atoms with van der Waals surface area (Å²) in [5.74, 6) is 0.933. The lowest BCUT2D eigenvalue weighted by molar-refractivity contribution is 0.536. The molecule has 0 unspecified atom stereocenters. The largest absolute Gasteiger partial charge is 0.126 e. The van der Waals surface area contributed by atoms with Crippen molar-refractivity contribution in [2.24, 2.45) is 0 Å². The highest BCUT2D eigenvalue weighted by Gasteiger charge is 2.31. The Kier molecular flexibility index (Phi) is 5.80. The molecular weight excluding hydrogens is 378 g/mol. The first-order chi connectivity index (χ1) is 9.59. The summed E-state index contributed by atoms with van der Waals surface area (Å²) >= 11 is 21.9. The van der Waals surface area contributed by atoms with Gasteiger partial charge in [0.05, 0.1) is 0 Å². The maximum absolute atomic E-state index is 6.25. The molecule has 20 heavy (non-hydrogen) atoms. The molecule has 0 aliphatic rings. The maximum Gasteiger partial charge on any atom is 0.0406 e. The van der Waals surface area contributed by atoms with E-state index in [1.54, 1.807) is 0 Å². The summed E-state index contributed by atoms with van der Waals surface area (Å²) in [6.07, 6.45) is 0.801. The zero-order chi connectivity index (χ0) is 14.6. The van der Waals surface area contributed by atoms with Gasteiger partial charge in [-0.15, -0.1) is 23.2 Å². The molecule has 0 bridgehead atoms. The van der Waals surface area contributed by atoms with E-state index in [0.29, 0.717) is 11.8 Å². The van der Waals surface area contributed by atoms with E-state index in [9.17, 15) is 0 Å². The van der Waals surface area contributed by atoms with Crippen LogP contribution in [-0.2, 0) is 11.8 Å².